The lowest BCUT2D eigenvalue weighted by atomic mass is 10.2. The first-order chi connectivity index (χ1) is 15.1. The van der Waals surface area contributed by atoms with Gasteiger partial charge in [-0.1, -0.05) is 35.9 Å². The quantitative estimate of drug-likeness (QED) is 0.284. The first kappa shape index (κ1) is 19.8. The van der Waals surface area contributed by atoms with Gasteiger partial charge in [-0.2, -0.15) is 0 Å². The van der Waals surface area contributed by atoms with E-state index in [-0.39, 0.29) is 17.3 Å². The maximum Gasteiger partial charge on any atom is 0.353 e. The highest BCUT2D eigenvalue weighted by Crippen LogP contribution is 2.33. The molecule has 4 rings (SSSR count). The molecule has 0 aliphatic heterocycles. The fraction of sp³-hybridized carbons (Fsp3) is 0.0435. The van der Waals surface area contributed by atoms with Gasteiger partial charge in [0.25, 0.3) is 0 Å². The highest BCUT2D eigenvalue weighted by molar-refractivity contribution is 5.76. The van der Waals surface area contributed by atoms with Gasteiger partial charge in [-0.15, -0.1) is 0 Å². The average Bonchev–Trinajstić information content (AvgIpc) is 2.77. The van der Waals surface area contributed by atoms with E-state index in [1.807, 2.05) is 61.5 Å². The molecule has 0 spiro atoms. The third-order valence-electron chi connectivity index (χ3n) is 4.42. The molecule has 31 heavy (non-hydrogen) atoms. The summed E-state index contributed by atoms with van der Waals surface area (Å²) in [5.74, 6) is 1.57. The van der Waals surface area contributed by atoms with Gasteiger partial charge in [-0.3, -0.25) is 10.1 Å². The monoisotopic (exact) mass is 413 g/mol. The second-order valence-electron chi connectivity index (χ2n) is 6.73. The van der Waals surface area contributed by atoms with Crippen LogP contribution in [-0.4, -0.2) is 14.9 Å². The Bertz CT molecular complexity index is 1180. The number of nitrogens with one attached hydrogen (secondary N) is 2. The van der Waals surface area contributed by atoms with Crippen LogP contribution in [0.3, 0.4) is 0 Å². The van der Waals surface area contributed by atoms with Gasteiger partial charge in [0.1, 0.15) is 17.8 Å². The topological polar surface area (TPSA) is 102 Å². The zero-order valence-corrected chi connectivity index (χ0v) is 16.6. The molecule has 0 atom stereocenters. The van der Waals surface area contributed by atoms with Gasteiger partial charge in [0.2, 0.25) is 11.6 Å². The van der Waals surface area contributed by atoms with Crippen LogP contribution >= 0.6 is 0 Å². The van der Waals surface area contributed by atoms with Gasteiger partial charge in [-0.05, 0) is 55.5 Å². The minimum Gasteiger partial charge on any atom is -0.457 e. The molecule has 8 heteroatoms. The summed E-state index contributed by atoms with van der Waals surface area (Å²) in [6.45, 7) is 1.97. The minimum absolute atomic E-state index is 0.0892. The van der Waals surface area contributed by atoms with E-state index in [2.05, 4.69) is 20.6 Å². The number of nitro groups is 1. The summed E-state index contributed by atoms with van der Waals surface area (Å²) in [4.78, 5) is 19.4. The maximum absolute atomic E-state index is 11.8. The first-order valence-electron chi connectivity index (χ1n) is 9.51. The second kappa shape index (κ2) is 8.91. The lowest BCUT2D eigenvalue weighted by Crippen LogP contribution is -2.05. The average molecular weight is 413 g/mol. The molecule has 0 unspecified atom stereocenters. The molecule has 0 aliphatic carbocycles. The van der Waals surface area contributed by atoms with Crippen LogP contribution < -0.4 is 15.4 Å². The lowest BCUT2D eigenvalue weighted by Gasteiger charge is -2.11. The zero-order valence-electron chi connectivity index (χ0n) is 16.6. The molecule has 1 heterocycles. The van der Waals surface area contributed by atoms with Gasteiger partial charge >= 0.3 is 5.69 Å². The van der Waals surface area contributed by atoms with Crippen LogP contribution in [0.2, 0.25) is 0 Å². The van der Waals surface area contributed by atoms with E-state index >= 15 is 0 Å². The number of para-hydroxylation sites is 1. The predicted molar refractivity (Wildman–Crippen MR) is 119 cm³/mol. The third kappa shape index (κ3) is 4.94. The van der Waals surface area contributed by atoms with Crippen LogP contribution in [0.4, 0.5) is 28.7 Å². The van der Waals surface area contributed by atoms with E-state index in [0.29, 0.717) is 17.1 Å². The fourth-order valence-electron chi connectivity index (χ4n) is 2.88. The van der Waals surface area contributed by atoms with E-state index in [1.54, 1.807) is 24.3 Å². The van der Waals surface area contributed by atoms with Gasteiger partial charge in [-0.25, -0.2) is 9.97 Å². The van der Waals surface area contributed by atoms with Crippen molar-refractivity contribution in [1.82, 2.24) is 9.97 Å². The minimum atomic E-state index is -0.508. The van der Waals surface area contributed by atoms with Crippen LogP contribution in [0.15, 0.2) is 85.2 Å². The molecule has 8 nitrogen and oxygen atoms in total. The Hall–Kier alpha value is -4.46. The van der Waals surface area contributed by atoms with Crippen molar-refractivity contribution in [3.63, 3.8) is 0 Å². The van der Waals surface area contributed by atoms with Crippen molar-refractivity contribution in [1.29, 1.82) is 0 Å². The Morgan fingerprint density at radius 3 is 1.84 bits per heavy atom. The van der Waals surface area contributed by atoms with E-state index in [0.717, 1.165) is 11.3 Å². The summed E-state index contributed by atoms with van der Waals surface area (Å²) in [5.41, 5.74) is 2.17. The Labute approximate surface area is 178 Å². The van der Waals surface area contributed by atoms with Crippen molar-refractivity contribution in [3.8, 4) is 11.5 Å². The van der Waals surface area contributed by atoms with Gasteiger partial charge in [0.05, 0.1) is 4.92 Å². The molecular formula is C23H19N5O3. The number of aromatic nitrogens is 2. The molecule has 4 aromatic rings. The van der Waals surface area contributed by atoms with Crippen LogP contribution in [0.1, 0.15) is 5.56 Å². The van der Waals surface area contributed by atoms with Crippen molar-refractivity contribution >= 4 is 28.7 Å². The highest BCUT2D eigenvalue weighted by Gasteiger charge is 2.23. The number of benzene rings is 3. The van der Waals surface area contributed by atoms with E-state index in [1.165, 1.54) is 6.33 Å². The predicted octanol–water partition coefficient (Wildman–Crippen LogP) is 5.97. The molecule has 0 amide bonds. The number of rotatable bonds is 7. The molecule has 3 aromatic carbocycles. The standard InChI is InChI=1S/C23H19N5O3/c1-16-7-9-17(10-8-16)26-22-21(28(29)30)23(25-15-24-22)27-18-11-13-20(14-12-18)31-19-5-3-2-4-6-19/h2-15H,1H3,(H2,24,25,26,27). The number of aryl methyl sites for hydroxylation is 1. The smallest absolute Gasteiger partial charge is 0.353 e. The van der Waals surface area contributed by atoms with Crippen LogP contribution in [0.5, 0.6) is 11.5 Å². The molecule has 0 bridgehead atoms. The molecule has 2 N–H and O–H groups in total. The van der Waals surface area contributed by atoms with Crippen molar-refractivity contribution in [2.45, 2.75) is 6.92 Å². The van der Waals surface area contributed by atoms with Crippen LogP contribution in [0, 0.1) is 17.0 Å². The van der Waals surface area contributed by atoms with E-state index in [4.69, 9.17) is 4.74 Å². The molecule has 0 fully saturated rings. The summed E-state index contributed by atoms with van der Waals surface area (Å²) < 4.78 is 5.77. The molecule has 0 aliphatic rings. The number of nitrogens with zero attached hydrogens (tertiary/aromatic N) is 3. The number of ether oxygens (including phenoxy) is 1. The van der Waals surface area contributed by atoms with Gasteiger partial charge < -0.3 is 15.4 Å². The normalized spacial score (nSPS) is 10.4. The highest BCUT2D eigenvalue weighted by atomic mass is 16.6. The lowest BCUT2D eigenvalue weighted by molar-refractivity contribution is -0.383. The third-order valence-corrected chi connectivity index (χ3v) is 4.42. The Kier molecular flexibility index (Phi) is 5.70. The van der Waals surface area contributed by atoms with E-state index < -0.39 is 4.92 Å². The Morgan fingerprint density at radius 2 is 1.29 bits per heavy atom. The molecule has 0 saturated heterocycles. The second-order valence-corrected chi connectivity index (χ2v) is 6.73. The SMILES string of the molecule is Cc1ccc(Nc2ncnc(Nc3ccc(Oc4ccccc4)cc3)c2[N+](=O)[O-])cc1. The maximum atomic E-state index is 11.8. The summed E-state index contributed by atoms with van der Waals surface area (Å²) in [7, 11) is 0. The van der Waals surface area contributed by atoms with Gasteiger partial charge in [0, 0.05) is 11.4 Å². The van der Waals surface area contributed by atoms with Crippen molar-refractivity contribution < 1.29 is 9.66 Å². The summed E-state index contributed by atoms with van der Waals surface area (Å²) in [6.07, 6.45) is 1.28. The summed E-state index contributed by atoms with van der Waals surface area (Å²) in [5, 5.41) is 17.7. The van der Waals surface area contributed by atoms with Crippen molar-refractivity contribution in [3.05, 3.63) is 101 Å². The van der Waals surface area contributed by atoms with Crippen molar-refractivity contribution in [2.24, 2.45) is 0 Å². The molecule has 154 valence electrons. The zero-order chi connectivity index (χ0) is 21.6. The number of hydrogen-bond acceptors (Lipinski definition) is 7. The fourth-order valence-corrected chi connectivity index (χ4v) is 2.88. The van der Waals surface area contributed by atoms with Crippen molar-refractivity contribution in [2.75, 3.05) is 10.6 Å². The summed E-state index contributed by atoms with van der Waals surface area (Å²) in [6, 6.07) is 24.0. The molecule has 0 saturated carbocycles. The molecular weight excluding hydrogens is 394 g/mol. The Balaban J connectivity index is 1.55. The number of hydrogen-bond donors (Lipinski definition) is 2. The number of anilines is 4. The first-order valence-corrected chi connectivity index (χ1v) is 9.51. The van der Waals surface area contributed by atoms with Gasteiger partial charge in [0.15, 0.2) is 0 Å². The summed E-state index contributed by atoms with van der Waals surface area (Å²) >= 11 is 0. The molecule has 0 radical (unpaired) electrons. The largest absolute Gasteiger partial charge is 0.457 e. The van der Waals surface area contributed by atoms with Crippen LogP contribution in [-0.2, 0) is 0 Å². The molecule has 1 aromatic heterocycles. The van der Waals surface area contributed by atoms with E-state index in [9.17, 15) is 10.1 Å². The van der Waals surface area contributed by atoms with Crippen LogP contribution in [0.25, 0.3) is 0 Å². The Morgan fingerprint density at radius 1 is 0.774 bits per heavy atom.